The van der Waals surface area contributed by atoms with Gasteiger partial charge in [-0.1, -0.05) is 0 Å². The van der Waals surface area contributed by atoms with Gasteiger partial charge in [0.25, 0.3) is 0 Å². The summed E-state index contributed by atoms with van der Waals surface area (Å²) in [6.45, 7) is 5.61. The maximum atomic E-state index is 13.5. The van der Waals surface area contributed by atoms with Gasteiger partial charge in [0, 0.05) is 14.2 Å². The van der Waals surface area contributed by atoms with E-state index in [1.165, 1.54) is 26.2 Å². The summed E-state index contributed by atoms with van der Waals surface area (Å²) < 4.78 is 21.1. The van der Waals surface area contributed by atoms with Crippen LogP contribution in [0.15, 0.2) is 0 Å². The van der Waals surface area contributed by atoms with Crippen LogP contribution in [0.5, 0.6) is 0 Å². The van der Waals surface area contributed by atoms with Crippen molar-refractivity contribution in [1.29, 1.82) is 0 Å². The topological polar surface area (TPSA) is 91.4 Å². The van der Waals surface area contributed by atoms with Crippen molar-refractivity contribution < 1.29 is 33.3 Å². The number of imide groups is 1. The second-order valence-electron chi connectivity index (χ2n) is 8.97. The Morgan fingerprint density at radius 2 is 1.61 bits per heavy atom. The Balaban J connectivity index is 2.38. The Hall–Kier alpha value is -1.67. The molecule has 0 bridgehead atoms. The summed E-state index contributed by atoms with van der Waals surface area (Å²) >= 11 is 0. The van der Waals surface area contributed by atoms with E-state index in [0.29, 0.717) is 32.1 Å². The predicted molar refractivity (Wildman–Crippen MR) is 101 cm³/mol. The van der Waals surface area contributed by atoms with E-state index in [2.05, 4.69) is 0 Å². The number of carbonyl (C=O) groups is 3. The van der Waals surface area contributed by atoms with Crippen molar-refractivity contribution in [2.45, 2.75) is 64.0 Å². The van der Waals surface area contributed by atoms with Gasteiger partial charge in [-0.25, -0.2) is 9.69 Å². The van der Waals surface area contributed by atoms with E-state index in [1.807, 2.05) is 0 Å². The van der Waals surface area contributed by atoms with Gasteiger partial charge in [0.2, 0.25) is 5.91 Å². The zero-order chi connectivity index (χ0) is 21.2. The Morgan fingerprint density at radius 3 is 2.04 bits per heavy atom. The molecule has 2 fully saturated rings. The van der Waals surface area contributed by atoms with Crippen LogP contribution in [0, 0.1) is 11.3 Å². The minimum Gasteiger partial charge on any atom is -0.469 e. The molecule has 0 aromatic rings. The van der Waals surface area contributed by atoms with E-state index in [4.69, 9.17) is 18.9 Å². The second kappa shape index (κ2) is 8.37. The molecule has 0 unspecified atom stereocenters. The third-order valence-electron chi connectivity index (χ3n) is 5.67. The zero-order valence-corrected chi connectivity index (χ0v) is 17.8. The molecule has 2 aliphatic rings. The number of hydrogen-bond acceptors (Lipinski definition) is 7. The summed E-state index contributed by atoms with van der Waals surface area (Å²) in [4.78, 5) is 39.7. The lowest BCUT2D eigenvalue weighted by Gasteiger charge is -2.42. The van der Waals surface area contributed by atoms with Crippen molar-refractivity contribution >= 4 is 18.0 Å². The third-order valence-corrected chi connectivity index (χ3v) is 5.67. The molecule has 1 spiro atoms. The maximum absolute atomic E-state index is 13.5. The van der Waals surface area contributed by atoms with Gasteiger partial charge in [-0.15, -0.1) is 0 Å². The van der Waals surface area contributed by atoms with Crippen LogP contribution >= 0.6 is 0 Å². The summed E-state index contributed by atoms with van der Waals surface area (Å²) in [6, 6.07) is 0. The van der Waals surface area contributed by atoms with Crippen LogP contribution in [0.4, 0.5) is 4.79 Å². The van der Waals surface area contributed by atoms with Crippen LogP contribution in [-0.2, 0) is 28.5 Å². The molecule has 0 aromatic heterocycles. The van der Waals surface area contributed by atoms with Gasteiger partial charge in [0.1, 0.15) is 5.60 Å². The molecule has 160 valence electrons. The Bertz CT molecular complexity index is 596. The van der Waals surface area contributed by atoms with Crippen LogP contribution in [-0.4, -0.2) is 68.6 Å². The lowest BCUT2D eigenvalue weighted by atomic mass is 9.71. The van der Waals surface area contributed by atoms with Gasteiger partial charge in [-0.3, -0.25) is 9.59 Å². The van der Waals surface area contributed by atoms with Gasteiger partial charge in [0.05, 0.1) is 37.2 Å². The first-order valence-corrected chi connectivity index (χ1v) is 9.67. The number of esters is 1. The van der Waals surface area contributed by atoms with Crippen molar-refractivity contribution in [3.05, 3.63) is 0 Å². The Kier molecular flexibility index (Phi) is 6.76. The molecule has 28 heavy (non-hydrogen) atoms. The van der Waals surface area contributed by atoms with Crippen LogP contribution in [0.2, 0.25) is 0 Å². The monoisotopic (exact) mass is 399 g/mol. The highest BCUT2D eigenvalue weighted by Crippen LogP contribution is 2.51. The van der Waals surface area contributed by atoms with E-state index in [9.17, 15) is 14.4 Å². The van der Waals surface area contributed by atoms with Crippen molar-refractivity contribution in [2.75, 3.05) is 34.5 Å². The fourth-order valence-electron chi connectivity index (χ4n) is 4.60. The van der Waals surface area contributed by atoms with Crippen LogP contribution < -0.4 is 0 Å². The highest BCUT2D eigenvalue weighted by Gasteiger charge is 2.63. The molecule has 0 N–H and O–H groups in total. The van der Waals surface area contributed by atoms with Gasteiger partial charge in [0.15, 0.2) is 0 Å². The van der Waals surface area contributed by atoms with Crippen molar-refractivity contribution in [3.8, 4) is 0 Å². The smallest absolute Gasteiger partial charge is 0.417 e. The fraction of sp³-hybridized carbons (Fsp3) is 0.850. The third kappa shape index (κ3) is 4.33. The summed E-state index contributed by atoms with van der Waals surface area (Å²) in [7, 11) is 4.43. The quantitative estimate of drug-likeness (QED) is 0.656. The van der Waals surface area contributed by atoms with E-state index < -0.39 is 22.6 Å². The number of likely N-dealkylation sites (tertiary alicyclic amines) is 1. The van der Waals surface area contributed by atoms with Crippen molar-refractivity contribution in [2.24, 2.45) is 11.3 Å². The van der Waals surface area contributed by atoms with E-state index >= 15 is 0 Å². The number of hydrogen-bond donors (Lipinski definition) is 0. The first-order chi connectivity index (χ1) is 13.0. The number of ether oxygens (including phenoxy) is 4. The molecule has 1 aliphatic carbocycles. The number of nitrogens with zero attached hydrogens (tertiary/aromatic N) is 1. The van der Waals surface area contributed by atoms with Crippen LogP contribution in [0.1, 0.15) is 52.9 Å². The molecule has 1 aliphatic heterocycles. The van der Waals surface area contributed by atoms with E-state index in [-0.39, 0.29) is 31.0 Å². The maximum Gasteiger partial charge on any atom is 0.417 e. The minimum atomic E-state index is -0.946. The van der Waals surface area contributed by atoms with Gasteiger partial charge in [-0.2, -0.15) is 0 Å². The minimum absolute atomic E-state index is 0.154. The first kappa shape index (κ1) is 22.6. The fourth-order valence-corrected chi connectivity index (χ4v) is 4.60. The number of carbonyl (C=O) groups excluding carboxylic acids is 3. The molecule has 1 heterocycles. The van der Waals surface area contributed by atoms with Gasteiger partial charge >= 0.3 is 12.1 Å². The molecule has 1 saturated heterocycles. The molecule has 8 heteroatoms. The van der Waals surface area contributed by atoms with Crippen LogP contribution in [0.25, 0.3) is 0 Å². The summed E-state index contributed by atoms with van der Waals surface area (Å²) in [5, 5.41) is 0. The molecular formula is C20H33NO7. The van der Waals surface area contributed by atoms with Gasteiger partial charge < -0.3 is 18.9 Å². The van der Waals surface area contributed by atoms with Crippen molar-refractivity contribution in [3.63, 3.8) is 0 Å². The number of rotatable bonds is 5. The van der Waals surface area contributed by atoms with E-state index in [1.54, 1.807) is 20.8 Å². The second-order valence-corrected chi connectivity index (χ2v) is 8.97. The number of methoxy groups -OCH3 is 3. The zero-order valence-electron chi connectivity index (χ0n) is 17.8. The lowest BCUT2D eigenvalue weighted by molar-refractivity contribution is -0.147. The van der Waals surface area contributed by atoms with Crippen LogP contribution in [0.3, 0.4) is 0 Å². The number of amides is 2. The Morgan fingerprint density at radius 1 is 1.07 bits per heavy atom. The summed E-state index contributed by atoms with van der Waals surface area (Å²) in [5.74, 6) is -0.795. The molecule has 0 atom stereocenters. The normalized spacial score (nSPS) is 27.1. The Labute approximate surface area is 166 Å². The largest absolute Gasteiger partial charge is 0.469 e. The molecule has 8 nitrogen and oxygen atoms in total. The highest BCUT2D eigenvalue weighted by atomic mass is 16.6. The molecule has 2 rings (SSSR count). The molecule has 0 radical (unpaired) electrons. The average Bonchev–Trinajstić information content (AvgIpc) is 2.82. The molecular weight excluding hydrogens is 366 g/mol. The SMILES string of the molecule is COCC1(COC)C[C@]2(CC[C@@H](C(=O)OC)CC2)N(C(=O)OC(C)(C)C)C1=O. The first-order valence-electron chi connectivity index (χ1n) is 9.67. The molecule has 1 saturated carbocycles. The average molecular weight is 399 g/mol. The lowest BCUT2D eigenvalue weighted by Crippen LogP contribution is -2.53. The van der Waals surface area contributed by atoms with Gasteiger partial charge in [-0.05, 0) is 52.9 Å². The van der Waals surface area contributed by atoms with E-state index in [0.717, 1.165) is 0 Å². The molecule has 2 amide bonds. The standard InChI is InChI=1S/C20H33NO7/c1-18(2,3)28-17(24)21-16(23)19(12-25-4,13-26-5)11-20(21)9-7-14(8-10-20)15(22)27-6/h14H,7-13H2,1-6H3/t14-,20-. The highest BCUT2D eigenvalue weighted by molar-refractivity contribution is 5.99. The summed E-state index contributed by atoms with van der Waals surface area (Å²) in [6.07, 6.45) is 1.92. The summed E-state index contributed by atoms with van der Waals surface area (Å²) in [5.41, 5.74) is -2.38. The molecule has 0 aromatic carbocycles. The predicted octanol–water partition coefficient (Wildman–Crippen LogP) is 2.54. The van der Waals surface area contributed by atoms with Crippen molar-refractivity contribution in [1.82, 2.24) is 4.90 Å².